The summed E-state index contributed by atoms with van der Waals surface area (Å²) >= 11 is 0. The lowest BCUT2D eigenvalue weighted by Crippen LogP contribution is -2.50. The first-order valence-corrected chi connectivity index (χ1v) is 9.47. The number of amides is 2. The number of esters is 4. The standard InChI is InChI=1S/C19H25NO12/c1-9(16(25)31-19(4,5)6)28-17(26)14(29-10(2)21)15(30-11(3)22)18(27)32-20-12(23)7-8-13(20)24/h9,14-15H,7-8H2,1-6H3/t9-,14?,15-/m1/s1. The Hall–Kier alpha value is -3.51. The van der Waals surface area contributed by atoms with Crippen LogP contribution >= 0.6 is 0 Å². The number of ether oxygens (including phenoxy) is 4. The molecule has 0 N–H and O–H groups in total. The van der Waals surface area contributed by atoms with E-state index in [4.69, 9.17) is 18.9 Å². The third-order valence-electron chi connectivity index (χ3n) is 3.54. The number of hydrogen-bond acceptors (Lipinski definition) is 12. The molecule has 0 bridgehead atoms. The molecule has 32 heavy (non-hydrogen) atoms. The molecule has 2 amide bonds. The van der Waals surface area contributed by atoms with Gasteiger partial charge in [0.25, 0.3) is 11.8 Å². The minimum atomic E-state index is -2.24. The summed E-state index contributed by atoms with van der Waals surface area (Å²) in [5.74, 6) is -7.78. The van der Waals surface area contributed by atoms with Gasteiger partial charge >= 0.3 is 29.8 Å². The fourth-order valence-electron chi connectivity index (χ4n) is 2.30. The largest absolute Gasteiger partial charge is 0.457 e. The van der Waals surface area contributed by atoms with E-state index in [1.807, 2.05) is 0 Å². The Morgan fingerprint density at radius 2 is 1.22 bits per heavy atom. The number of hydrogen-bond donors (Lipinski definition) is 0. The van der Waals surface area contributed by atoms with E-state index in [0.717, 1.165) is 20.8 Å². The van der Waals surface area contributed by atoms with E-state index >= 15 is 0 Å². The molecule has 13 heteroatoms. The van der Waals surface area contributed by atoms with E-state index in [0.29, 0.717) is 0 Å². The molecule has 0 saturated carbocycles. The van der Waals surface area contributed by atoms with Gasteiger partial charge in [0.05, 0.1) is 0 Å². The summed E-state index contributed by atoms with van der Waals surface area (Å²) in [6, 6.07) is 0. The molecule has 3 atom stereocenters. The SMILES string of the molecule is CC(=O)OC(C(=O)O[C@H](C)C(=O)OC(C)(C)C)[C@@H](OC(C)=O)C(=O)ON1C(=O)CCC1=O. The van der Waals surface area contributed by atoms with Gasteiger partial charge in [0.2, 0.25) is 12.2 Å². The van der Waals surface area contributed by atoms with Gasteiger partial charge in [0.1, 0.15) is 5.60 Å². The van der Waals surface area contributed by atoms with Crippen molar-refractivity contribution in [3.63, 3.8) is 0 Å². The van der Waals surface area contributed by atoms with Crippen LogP contribution in [0.25, 0.3) is 0 Å². The van der Waals surface area contributed by atoms with Crippen molar-refractivity contribution in [2.45, 2.75) is 78.3 Å². The first kappa shape index (κ1) is 26.5. The molecule has 0 aromatic rings. The second kappa shape index (κ2) is 10.7. The van der Waals surface area contributed by atoms with Gasteiger partial charge in [-0.25, -0.2) is 14.4 Å². The van der Waals surface area contributed by atoms with E-state index in [-0.39, 0.29) is 17.9 Å². The van der Waals surface area contributed by atoms with Crippen LogP contribution in [0.5, 0.6) is 0 Å². The van der Waals surface area contributed by atoms with E-state index < -0.39 is 65.6 Å². The van der Waals surface area contributed by atoms with Crippen molar-refractivity contribution >= 4 is 41.7 Å². The van der Waals surface area contributed by atoms with Gasteiger partial charge in [0, 0.05) is 26.7 Å². The summed E-state index contributed by atoms with van der Waals surface area (Å²) in [6.45, 7) is 7.67. The fraction of sp³-hybridized carbons (Fsp3) is 0.632. The van der Waals surface area contributed by atoms with E-state index in [9.17, 15) is 33.6 Å². The van der Waals surface area contributed by atoms with Crippen LogP contribution in [0.3, 0.4) is 0 Å². The molecule has 178 valence electrons. The smallest absolute Gasteiger partial charge is 0.377 e. The zero-order chi connectivity index (χ0) is 24.8. The van der Waals surface area contributed by atoms with Crippen LogP contribution in [0.1, 0.15) is 54.4 Å². The van der Waals surface area contributed by atoms with Crippen LogP contribution < -0.4 is 0 Å². The number of imide groups is 1. The van der Waals surface area contributed by atoms with Gasteiger partial charge in [-0.2, -0.15) is 0 Å². The predicted molar refractivity (Wildman–Crippen MR) is 99.7 cm³/mol. The zero-order valence-corrected chi connectivity index (χ0v) is 18.5. The number of rotatable bonds is 8. The van der Waals surface area contributed by atoms with Gasteiger partial charge < -0.3 is 23.8 Å². The van der Waals surface area contributed by atoms with Gasteiger partial charge in [-0.3, -0.25) is 19.2 Å². The summed E-state index contributed by atoms with van der Waals surface area (Å²) in [5.41, 5.74) is -0.897. The molecule has 1 saturated heterocycles. The minimum absolute atomic E-state index is 0.151. The normalized spacial score (nSPS) is 16.5. The van der Waals surface area contributed by atoms with Crippen LogP contribution in [0, 0.1) is 0 Å². The van der Waals surface area contributed by atoms with Crippen molar-refractivity contribution in [2.75, 3.05) is 0 Å². The third-order valence-corrected chi connectivity index (χ3v) is 3.54. The van der Waals surface area contributed by atoms with Crippen molar-refractivity contribution in [3.05, 3.63) is 0 Å². The summed E-state index contributed by atoms with van der Waals surface area (Å²) in [4.78, 5) is 88.2. The molecule has 0 radical (unpaired) electrons. The van der Waals surface area contributed by atoms with Crippen LogP contribution in [-0.4, -0.2) is 70.6 Å². The highest BCUT2D eigenvalue weighted by atomic mass is 16.7. The lowest BCUT2D eigenvalue weighted by atomic mass is 10.2. The van der Waals surface area contributed by atoms with E-state index in [2.05, 4.69) is 4.84 Å². The molecule has 1 rings (SSSR count). The summed E-state index contributed by atoms with van der Waals surface area (Å²) in [7, 11) is 0. The molecule has 0 spiro atoms. The Morgan fingerprint density at radius 3 is 1.62 bits per heavy atom. The monoisotopic (exact) mass is 459 g/mol. The first-order chi connectivity index (χ1) is 14.6. The molecule has 1 aliphatic heterocycles. The summed E-state index contributed by atoms with van der Waals surface area (Å²) in [5, 5.41) is 0.151. The van der Waals surface area contributed by atoms with Crippen LogP contribution in [0.4, 0.5) is 0 Å². The second-order valence-electron chi connectivity index (χ2n) is 7.66. The third kappa shape index (κ3) is 7.96. The molecule has 0 aromatic carbocycles. The Bertz CT molecular complexity index is 796. The molecule has 0 aromatic heterocycles. The fourth-order valence-corrected chi connectivity index (χ4v) is 2.30. The predicted octanol–water partition coefficient (Wildman–Crippen LogP) is -0.270. The van der Waals surface area contributed by atoms with Crippen LogP contribution in [-0.2, 0) is 57.3 Å². The Labute approximate surface area is 183 Å². The molecular weight excluding hydrogens is 434 g/mol. The van der Waals surface area contributed by atoms with Crippen molar-refractivity contribution in [1.29, 1.82) is 0 Å². The van der Waals surface area contributed by atoms with Crippen molar-refractivity contribution in [1.82, 2.24) is 5.06 Å². The van der Waals surface area contributed by atoms with Crippen molar-refractivity contribution < 1.29 is 57.3 Å². The number of carbonyl (C=O) groups is 7. The molecular formula is C19H25NO12. The minimum Gasteiger partial charge on any atom is -0.457 e. The second-order valence-corrected chi connectivity index (χ2v) is 7.66. The molecule has 1 heterocycles. The average molecular weight is 459 g/mol. The Kier molecular flexibility index (Phi) is 8.86. The number of hydroxylamine groups is 2. The van der Waals surface area contributed by atoms with Crippen LogP contribution in [0.2, 0.25) is 0 Å². The highest BCUT2D eigenvalue weighted by Crippen LogP contribution is 2.17. The molecule has 1 aliphatic rings. The molecule has 0 aliphatic carbocycles. The summed E-state index contributed by atoms with van der Waals surface area (Å²) in [6.07, 6.45) is -6.37. The first-order valence-electron chi connectivity index (χ1n) is 9.47. The van der Waals surface area contributed by atoms with Gasteiger partial charge in [0.15, 0.2) is 6.10 Å². The lowest BCUT2D eigenvalue weighted by Gasteiger charge is -2.26. The van der Waals surface area contributed by atoms with Gasteiger partial charge in [-0.1, -0.05) is 0 Å². The highest BCUT2D eigenvalue weighted by molar-refractivity contribution is 6.02. The highest BCUT2D eigenvalue weighted by Gasteiger charge is 2.45. The Balaban J connectivity index is 3.11. The van der Waals surface area contributed by atoms with Gasteiger partial charge in [-0.15, -0.1) is 5.06 Å². The maximum atomic E-state index is 12.6. The van der Waals surface area contributed by atoms with Crippen molar-refractivity contribution in [2.24, 2.45) is 0 Å². The quantitative estimate of drug-likeness (QED) is 0.265. The maximum Gasteiger partial charge on any atom is 0.377 e. The van der Waals surface area contributed by atoms with E-state index in [1.165, 1.54) is 0 Å². The number of nitrogens with zero attached hydrogens (tertiary/aromatic N) is 1. The zero-order valence-electron chi connectivity index (χ0n) is 18.5. The lowest BCUT2D eigenvalue weighted by molar-refractivity contribution is -0.214. The molecule has 1 unspecified atom stereocenters. The van der Waals surface area contributed by atoms with E-state index in [1.54, 1.807) is 20.8 Å². The number of carbonyl (C=O) groups excluding carboxylic acids is 7. The van der Waals surface area contributed by atoms with Crippen LogP contribution in [0.15, 0.2) is 0 Å². The molecule has 1 fully saturated rings. The van der Waals surface area contributed by atoms with Crippen molar-refractivity contribution in [3.8, 4) is 0 Å². The van der Waals surface area contributed by atoms with Gasteiger partial charge in [-0.05, 0) is 27.7 Å². The Morgan fingerprint density at radius 1 is 0.781 bits per heavy atom. The maximum absolute atomic E-state index is 12.6. The molecule has 13 nitrogen and oxygen atoms in total. The topological polar surface area (TPSA) is 169 Å². The average Bonchev–Trinajstić information content (AvgIpc) is 2.94. The summed E-state index contributed by atoms with van der Waals surface area (Å²) < 4.78 is 19.5.